The van der Waals surface area contributed by atoms with Gasteiger partial charge in [0.15, 0.2) is 11.8 Å². The van der Waals surface area contributed by atoms with Crippen LogP contribution in [0.25, 0.3) is 0 Å². The molecule has 0 saturated heterocycles. The van der Waals surface area contributed by atoms with E-state index in [0.717, 1.165) is 48.6 Å². The predicted octanol–water partition coefficient (Wildman–Crippen LogP) is 3.04. The Morgan fingerprint density at radius 3 is 2.61 bits per heavy atom. The topological polar surface area (TPSA) is 76.4 Å². The number of aromatic nitrogens is 3. The predicted molar refractivity (Wildman–Crippen MR) is 114 cm³/mol. The number of nitrogens with zero attached hydrogens (tertiary/aromatic N) is 4. The molecule has 1 atom stereocenters. The summed E-state index contributed by atoms with van der Waals surface area (Å²) in [5.41, 5.74) is 1.27. The van der Waals surface area contributed by atoms with E-state index in [-0.39, 0.29) is 0 Å². The highest BCUT2D eigenvalue weighted by atomic mass is 35.5. The molecule has 0 aliphatic rings. The number of nitrogens with one attached hydrogen (secondary N) is 2. The van der Waals surface area contributed by atoms with Gasteiger partial charge in [0, 0.05) is 44.8 Å². The Bertz CT molecular complexity index is 744. The minimum Gasteiger partial charge on any atom is -0.385 e. The fraction of sp³-hybridized carbons (Fsp3) is 0.550. The summed E-state index contributed by atoms with van der Waals surface area (Å²) in [6.45, 7) is 6.87. The Morgan fingerprint density at radius 1 is 1.25 bits per heavy atom. The van der Waals surface area contributed by atoms with Crippen LogP contribution < -0.4 is 10.6 Å². The van der Waals surface area contributed by atoms with Crippen molar-refractivity contribution in [2.45, 2.75) is 39.2 Å². The molecule has 7 nitrogen and oxygen atoms in total. The summed E-state index contributed by atoms with van der Waals surface area (Å²) < 4.78 is 7.07. The molecule has 0 spiro atoms. The number of hydrogen-bond acceptors (Lipinski definition) is 4. The van der Waals surface area contributed by atoms with Gasteiger partial charge in [0.05, 0.1) is 0 Å². The third-order valence-electron chi connectivity index (χ3n) is 4.73. The third kappa shape index (κ3) is 6.80. The molecule has 0 saturated carbocycles. The summed E-state index contributed by atoms with van der Waals surface area (Å²) in [7, 11) is 3.66. The molecule has 0 aliphatic carbocycles. The first-order valence-electron chi connectivity index (χ1n) is 9.66. The summed E-state index contributed by atoms with van der Waals surface area (Å²) >= 11 is 6.02. The lowest BCUT2D eigenvalue weighted by Gasteiger charge is -2.19. The second-order valence-corrected chi connectivity index (χ2v) is 7.13. The van der Waals surface area contributed by atoms with Gasteiger partial charge in [0.1, 0.15) is 12.4 Å². The van der Waals surface area contributed by atoms with Gasteiger partial charge in [-0.25, -0.2) is 4.99 Å². The van der Waals surface area contributed by atoms with Crippen LogP contribution in [0.4, 0.5) is 0 Å². The minimum atomic E-state index is 0.375. The first-order chi connectivity index (χ1) is 13.5. The molecule has 0 bridgehead atoms. The molecule has 1 unspecified atom stereocenters. The summed E-state index contributed by atoms with van der Waals surface area (Å²) in [6, 6.07) is 8.05. The third-order valence-corrected chi connectivity index (χ3v) is 4.98. The number of methoxy groups -OCH3 is 1. The Labute approximate surface area is 172 Å². The molecular formula is C20H31ClN6O. The smallest absolute Gasteiger partial charge is 0.191 e. The molecule has 1 aromatic carbocycles. The lowest BCUT2D eigenvalue weighted by Crippen LogP contribution is -2.40. The molecule has 28 heavy (non-hydrogen) atoms. The quantitative estimate of drug-likeness (QED) is 0.360. The number of aliphatic imine (C=N–C) groups is 1. The highest BCUT2D eigenvalue weighted by molar-refractivity contribution is 6.30. The van der Waals surface area contributed by atoms with E-state index in [1.807, 2.05) is 30.7 Å². The molecule has 2 rings (SSSR count). The van der Waals surface area contributed by atoms with Crippen molar-refractivity contribution in [3.63, 3.8) is 0 Å². The van der Waals surface area contributed by atoms with E-state index in [1.165, 1.54) is 5.56 Å². The van der Waals surface area contributed by atoms with Crippen LogP contribution in [0.1, 0.15) is 42.9 Å². The van der Waals surface area contributed by atoms with Gasteiger partial charge in [-0.05, 0) is 37.5 Å². The zero-order chi connectivity index (χ0) is 20.4. The van der Waals surface area contributed by atoms with Gasteiger partial charge in [-0.15, -0.1) is 10.2 Å². The SMILES string of the molecule is CCC(CNC(=NCc1nnc(C)n1C)NCCCOC)c1ccc(Cl)cc1. The Balaban J connectivity index is 2.01. The standard InChI is InChI=1S/C20H31ClN6O/c1-5-16(17-7-9-18(21)10-8-17)13-23-20(22-11-6-12-28-4)24-14-19-26-25-15(2)27(19)3/h7-10,16H,5-6,11-14H2,1-4H3,(H2,22,23,24). The van der Waals surface area contributed by atoms with Crippen LogP contribution in [0.5, 0.6) is 0 Å². The average Bonchev–Trinajstić information content (AvgIpc) is 3.02. The van der Waals surface area contributed by atoms with Crippen molar-refractivity contribution in [2.24, 2.45) is 12.0 Å². The van der Waals surface area contributed by atoms with Crippen molar-refractivity contribution in [2.75, 3.05) is 26.8 Å². The fourth-order valence-electron chi connectivity index (χ4n) is 2.79. The summed E-state index contributed by atoms with van der Waals surface area (Å²) in [5.74, 6) is 2.85. The lowest BCUT2D eigenvalue weighted by atomic mass is 9.96. The fourth-order valence-corrected chi connectivity index (χ4v) is 2.91. The lowest BCUT2D eigenvalue weighted by molar-refractivity contribution is 0.195. The monoisotopic (exact) mass is 406 g/mol. The van der Waals surface area contributed by atoms with Crippen LogP contribution in [0.3, 0.4) is 0 Å². The summed E-state index contributed by atoms with van der Waals surface area (Å²) in [5, 5.41) is 15.9. The molecule has 0 amide bonds. The number of aryl methyl sites for hydroxylation is 1. The number of hydrogen-bond donors (Lipinski definition) is 2. The number of guanidine groups is 1. The Morgan fingerprint density at radius 2 is 2.00 bits per heavy atom. The minimum absolute atomic E-state index is 0.375. The molecule has 1 heterocycles. The van der Waals surface area contributed by atoms with Gasteiger partial charge < -0.3 is 19.9 Å². The van der Waals surface area contributed by atoms with E-state index in [4.69, 9.17) is 16.3 Å². The van der Waals surface area contributed by atoms with Crippen molar-refractivity contribution in [3.8, 4) is 0 Å². The molecule has 0 radical (unpaired) electrons. The highest BCUT2D eigenvalue weighted by Crippen LogP contribution is 2.20. The molecule has 8 heteroatoms. The van der Waals surface area contributed by atoms with Crippen molar-refractivity contribution in [1.29, 1.82) is 0 Å². The Hall–Kier alpha value is -2.12. The molecule has 0 aliphatic heterocycles. The number of benzene rings is 1. The maximum Gasteiger partial charge on any atom is 0.191 e. The molecular weight excluding hydrogens is 376 g/mol. The number of rotatable bonds is 10. The molecule has 154 valence electrons. The van der Waals surface area contributed by atoms with Gasteiger partial charge in [-0.2, -0.15) is 0 Å². The van der Waals surface area contributed by atoms with Crippen LogP contribution in [-0.2, 0) is 18.3 Å². The molecule has 2 N–H and O–H groups in total. The van der Waals surface area contributed by atoms with Crippen LogP contribution in [-0.4, -0.2) is 47.5 Å². The maximum atomic E-state index is 6.02. The van der Waals surface area contributed by atoms with E-state index in [2.05, 4.69) is 44.9 Å². The van der Waals surface area contributed by atoms with Crippen LogP contribution in [0.2, 0.25) is 5.02 Å². The van der Waals surface area contributed by atoms with Gasteiger partial charge in [0.2, 0.25) is 0 Å². The first kappa shape index (κ1) is 22.2. The second-order valence-electron chi connectivity index (χ2n) is 6.70. The maximum absolute atomic E-state index is 6.02. The summed E-state index contributed by atoms with van der Waals surface area (Å²) in [6.07, 6.45) is 1.93. The zero-order valence-electron chi connectivity index (χ0n) is 17.2. The van der Waals surface area contributed by atoms with Crippen molar-refractivity contribution in [1.82, 2.24) is 25.4 Å². The van der Waals surface area contributed by atoms with E-state index < -0.39 is 0 Å². The van der Waals surface area contributed by atoms with Crippen molar-refractivity contribution < 1.29 is 4.74 Å². The van der Waals surface area contributed by atoms with Crippen LogP contribution in [0.15, 0.2) is 29.3 Å². The Kier molecular flexibility index (Phi) is 9.23. The molecule has 0 fully saturated rings. The van der Waals surface area contributed by atoms with Crippen LogP contribution >= 0.6 is 11.6 Å². The summed E-state index contributed by atoms with van der Waals surface area (Å²) in [4.78, 5) is 4.69. The molecule has 1 aromatic heterocycles. The number of ether oxygens (including phenoxy) is 1. The van der Waals surface area contributed by atoms with E-state index in [1.54, 1.807) is 7.11 Å². The van der Waals surface area contributed by atoms with Gasteiger partial charge in [-0.3, -0.25) is 0 Å². The normalized spacial score (nSPS) is 12.8. The first-order valence-corrected chi connectivity index (χ1v) is 10.0. The van der Waals surface area contributed by atoms with Gasteiger partial charge >= 0.3 is 0 Å². The van der Waals surface area contributed by atoms with Crippen molar-refractivity contribution in [3.05, 3.63) is 46.5 Å². The highest BCUT2D eigenvalue weighted by Gasteiger charge is 2.11. The van der Waals surface area contributed by atoms with Gasteiger partial charge in [0.25, 0.3) is 0 Å². The molecule has 2 aromatic rings. The average molecular weight is 407 g/mol. The largest absolute Gasteiger partial charge is 0.385 e. The van der Waals surface area contributed by atoms with E-state index >= 15 is 0 Å². The zero-order valence-corrected chi connectivity index (χ0v) is 18.0. The second kappa shape index (κ2) is 11.7. The van der Waals surface area contributed by atoms with Gasteiger partial charge in [-0.1, -0.05) is 30.7 Å². The van der Waals surface area contributed by atoms with Crippen molar-refractivity contribution >= 4 is 17.6 Å². The van der Waals surface area contributed by atoms with E-state index in [0.29, 0.717) is 19.1 Å². The van der Waals surface area contributed by atoms with E-state index in [9.17, 15) is 0 Å². The van der Waals surface area contributed by atoms with Crippen LogP contribution in [0, 0.1) is 6.92 Å². The number of halogens is 1.